The van der Waals surface area contributed by atoms with Gasteiger partial charge in [-0.1, -0.05) is 6.07 Å². The van der Waals surface area contributed by atoms with Crippen molar-refractivity contribution in [2.45, 2.75) is 26.7 Å². The highest BCUT2D eigenvalue weighted by molar-refractivity contribution is 9.10. The van der Waals surface area contributed by atoms with Crippen LogP contribution in [0.25, 0.3) is 0 Å². The van der Waals surface area contributed by atoms with Crippen molar-refractivity contribution in [2.24, 2.45) is 0 Å². The second-order valence-corrected chi connectivity index (χ2v) is 5.24. The Morgan fingerprint density at radius 3 is 2.84 bits per heavy atom. The van der Waals surface area contributed by atoms with Crippen LogP contribution in [-0.2, 0) is 11.2 Å². The van der Waals surface area contributed by atoms with E-state index in [9.17, 15) is 4.79 Å². The van der Waals surface area contributed by atoms with Crippen LogP contribution in [0, 0.1) is 13.8 Å². The summed E-state index contributed by atoms with van der Waals surface area (Å²) in [4.78, 5) is 16.0. The molecule has 0 bridgehead atoms. The van der Waals surface area contributed by atoms with E-state index < -0.39 is 0 Å². The molecule has 0 aliphatic carbocycles. The van der Waals surface area contributed by atoms with E-state index in [1.165, 1.54) is 0 Å². The first-order valence-corrected chi connectivity index (χ1v) is 6.81. The molecule has 0 aliphatic rings. The lowest BCUT2D eigenvalue weighted by atomic mass is 10.2. The number of benzene rings is 1. The zero-order chi connectivity index (χ0) is 13.8. The molecule has 1 aromatic carbocycles. The zero-order valence-corrected chi connectivity index (χ0v) is 12.5. The van der Waals surface area contributed by atoms with Gasteiger partial charge in [0.15, 0.2) is 5.89 Å². The summed E-state index contributed by atoms with van der Waals surface area (Å²) >= 11 is 3.43. The van der Waals surface area contributed by atoms with Gasteiger partial charge >= 0.3 is 0 Å². The summed E-state index contributed by atoms with van der Waals surface area (Å²) in [5.41, 5.74) is 2.73. The average Bonchev–Trinajstić information content (AvgIpc) is 2.76. The average molecular weight is 323 g/mol. The van der Waals surface area contributed by atoms with Crippen molar-refractivity contribution >= 4 is 27.5 Å². The maximum Gasteiger partial charge on any atom is 0.224 e. The van der Waals surface area contributed by atoms with Gasteiger partial charge in [-0.2, -0.15) is 0 Å². The highest BCUT2D eigenvalue weighted by Gasteiger charge is 2.07. The first-order chi connectivity index (χ1) is 9.04. The van der Waals surface area contributed by atoms with Crippen molar-refractivity contribution in [3.05, 3.63) is 46.1 Å². The van der Waals surface area contributed by atoms with E-state index in [0.717, 1.165) is 21.4 Å². The third kappa shape index (κ3) is 3.92. The lowest BCUT2D eigenvalue weighted by Gasteiger charge is -2.07. The molecule has 2 rings (SSSR count). The fourth-order valence-corrected chi connectivity index (χ4v) is 2.29. The molecule has 1 aromatic heterocycles. The van der Waals surface area contributed by atoms with Crippen molar-refractivity contribution < 1.29 is 9.21 Å². The van der Waals surface area contributed by atoms with Crippen molar-refractivity contribution in [1.29, 1.82) is 0 Å². The standard InChI is InChI=1S/C14H15BrN2O2/c1-9-3-5-13(12(15)7-9)17-14(18)6-4-11-8-19-10(2)16-11/h3,5,7-8H,4,6H2,1-2H3,(H,17,18). The Labute approximate surface area is 120 Å². The summed E-state index contributed by atoms with van der Waals surface area (Å²) in [5, 5.41) is 2.87. The normalized spacial score (nSPS) is 10.5. The van der Waals surface area contributed by atoms with E-state index in [1.807, 2.05) is 25.1 Å². The van der Waals surface area contributed by atoms with E-state index in [2.05, 4.69) is 26.2 Å². The largest absolute Gasteiger partial charge is 0.449 e. The molecule has 0 spiro atoms. The molecule has 0 atom stereocenters. The van der Waals surface area contributed by atoms with Crippen molar-refractivity contribution in [3.63, 3.8) is 0 Å². The van der Waals surface area contributed by atoms with Crippen LogP contribution >= 0.6 is 15.9 Å². The Morgan fingerprint density at radius 2 is 2.21 bits per heavy atom. The number of nitrogens with one attached hydrogen (secondary N) is 1. The SMILES string of the molecule is Cc1ccc(NC(=O)CCc2coc(C)n2)c(Br)c1. The summed E-state index contributed by atoms with van der Waals surface area (Å²) in [6.07, 6.45) is 2.54. The van der Waals surface area contributed by atoms with Crippen LogP contribution < -0.4 is 5.32 Å². The molecule has 0 fully saturated rings. The molecule has 0 aliphatic heterocycles. The maximum absolute atomic E-state index is 11.8. The molecule has 19 heavy (non-hydrogen) atoms. The van der Waals surface area contributed by atoms with Crippen LogP contribution in [0.15, 0.2) is 33.4 Å². The van der Waals surface area contributed by atoms with Gasteiger partial charge in [-0.25, -0.2) is 4.98 Å². The quantitative estimate of drug-likeness (QED) is 0.935. The number of hydrogen-bond donors (Lipinski definition) is 1. The van der Waals surface area contributed by atoms with Gasteiger partial charge in [0.25, 0.3) is 0 Å². The van der Waals surface area contributed by atoms with E-state index in [0.29, 0.717) is 18.7 Å². The number of rotatable bonds is 4. The molecule has 5 heteroatoms. The van der Waals surface area contributed by atoms with Crippen LogP contribution in [0.4, 0.5) is 5.69 Å². The first kappa shape index (κ1) is 13.8. The van der Waals surface area contributed by atoms with Gasteiger partial charge in [0.2, 0.25) is 5.91 Å². The van der Waals surface area contributed by atoms with Gasteiger partial charge in [-0.15, -0.1) is 0 Å². The minimum absolute atomic E-state index is 0.0368. The molecule has 1 amide bonds. The third-order valence-corrected chi connectivity index (χ3v) is 3.33. The van der Waals surface area contributed by atoms with E-state index in [1.54, 1.807) is 13.2 Å². The molecule has 4 nitrogen and oxygen atoms in total. The van der Waals surface area contributed by atoms with Crippen LogP contribution in [0.5, 0.6) is 0 Å². The Hall–Kier alpha value is -1.62. The van der Waals surface area contributed by atoms with E-state index in [4.69, 9.17) is 4.42 Å². The lowest BCUT2D eigenvalue weighted by Crippen LogP contribution is -2.12. The third-order valence-electron chi connectivity index (χ3n) is 2.67. The summed E-state index contributed by atoms with van der Waals surface area (Å²) in [6.45, 7) is 3.79. The maximum atomic E-state index is 11.8. The van der Waals surface area contributed by atoms with Gasteiger partial charge in [-0.3, -0.25) is 4.79 Å². The van der Waals surface area contributed by atoms with E-state index in [-0.39, 0.29) is 5.91 Å². The molecule has 0 radical (unpaired) electrons. The highest BCUT2D eigenvalue weighted by Crippen LogP contribution is 2.23. The topological polar surface area (TPSA) is 55.1 Å². The zero-order valence-electron chi connectivity index (χ0n) is 10.9. The highest BCUT2D eigenvalue weighted by atomic mass is 79.9. The van der Waals surface area contributed by atoms with Crippen molar-refractivity contribution in [1.82, 2.24) is 4.98 Å². The number of carbonyl (C=O) groups is 1. The minimum Gasteiger partial charge on any atom is -0.449 e. The Balaban J connectivity index is 1.90. The van der Waals surface area contributed by atoms with Crippen LogP contribution in [-0.4, -0.2) is 10.9 Å². The van der Waals surface area contributed by atoms with Gasteiger partial charge in [0.05, 0.1) is 11.4 Å². The summed E-state index contributed by atoms with van der Waals surface area (Å²) < 4.78 is 5.98. The molecule has 2 aromatic rings. The summed E-state index contributed by atoms with van der Waals surface area (Å²) in [7, 11) is 0. The number of anilines is 1. The van der Waals surface area contributed by atoms with Gasteiger partial charge in [0, 0.05) is 24.2 Å². The fourth-order valence-electron chi connectivity index (χ4n) is 1.70. The van der Waals surface area contributed by atoms with Gasteiger partial charge < -0.3 is 9.73 Å². The smallest absolute Gasteiger partial charge is 0.224 e. The molecule has 0 unspecified atom stereocenters. The molecular formula is C14H15BrN2O2. The number of aryl methyl sites for hydroxylation is 3. The monoisotopic (exact) mass is 322 g/mol. The van der Waals surface area contributed by atoms with Crippen molar-refractivity contribution in [2.75, 3.05) is 5.32 Å². The molecule has 1 N–H and O–H groups in total. The number of hydrogen-bond acceptors (Lipinski definition) is 3. The predicted molar refractivity (Wildman–Crippen MR) is 77.1 cm³/mol. The second kappa shape index (κ2) is 6.02. The number of amides is 1. The van der Waals surface area contributed by atoms with Crippen LogP contribution in [0.3, 0.4) is 0 Å². The molecule has 100 valence electrons. The summed E-state index contributed by atoms with van der Waals surface area (Å²) in [5.74, 6) is 0.585. The molecule has 0 saturated carbocycles. The molecular weight excluding hydrogens is 308 g/mol. The first-order valence-electron chi connectivity index (χ1n) is 6.01. The molecule has 1 heterocycles. The molecule has 0 saturated heterocycles. The number of aromatic nitrogens is 1. The van der Waals surface area contributed by atoms with E-state index >= 15 is 0 Å². The minimum atomic E-state index is -0.0368. The van der Waals surface area contributed by atoms with Gasteiger partial charge in [0.1, 0.15) is 6.26 Å². The lowest BCUT2D eigenvalue weighted by molar-refractivity contribution is -0.116. The Bertz CT molecular complexity index is 593. The number of carbonyl (C=O) groups excluding carboxylic acids is 1. The van der Waals surface area contributed by atoms with Gasteiger partial charge in [-0.05, 0) is 40.5 Å². The number of nitrogens with zero attached hydrogens (tertiary/aromatic N) is 1. The van der Waals surface area contributed by atoms with Crippen LogP contribution in [0.1, 0.15) is 23.6 Å². The number of halogens is 1. The predicted octanol–water partition coefficient (Wildman–Crippen LogP) is 3.63. The fraction of sp³-hybridized carbons (Fsp3) is 0.286. The number of oxazole rings is 1. The van der Waals surface area contributed by atoms with Crippen LogP contribution in [0.2, 0.25) is 0 Å². The summed E-state index contributed by atoms with van der Waals surface area (Å²) in [6, 6.07) is 5.82. The van der Waals surface area contributed by atoms with Crippen molar-refractivity contribution in [3.8, 4) is 0 Å². The Kier molecular flexibility index (Phi) is 4.37. The second-order valence-electron chi connectivity index (χ2n) is 4.39. The Morgan fingerprint density at radius 1 is 1.42 bits per heavy atom.